The van der Waals surface area contributed by atoms with Crippen molar-refractivity contribution in [2.45, 2.75) is 4.90 Å². The van der Waals surface area contributed by atoms with Gasteiger partial charge in [0.1, 0.15) is 17.1 Å². The van der Waals surface area contributed by atoms with E-state index in [0.29, 0.717) is 5.69 Å². The van der Waals surface area contributed by atoms with Crippen LogP contribution >= 0.6 is 0 Å². The number of rotatable bonds is 3. The van der Waals surface area contributed by atoms with Crippen molar-refractivity contribution in [3.05, 3.63) is 60.7 Å². The molecule has 0 fully saturated rings. The lowest BCUT2D eigenvalue weighted by atomic mass is 10.1. The number of hydrogen-bond acceptors (Lipinski definition) is 4. The first-order valence-corrected chi connectivity index (χ1v) is 7.60. The summed E-state index contributed by atoms with van der Waals surface area (Å²) in [5.74, 6) is 0.00468. The van der Waals surface area contributed by atoms with E-state index < -0.39 is 11.1 Å². The minimum Gasteiger partial charge on any atom is -0.506 e. The number of azo groups is 1. The fraction of sp³-hybridized carbons (Fsp3) is 0. The van der Waals surface area contributed by atoms with Crippen molar-refractivity contribution in [1.82, 2.24) is 0 Å². The maximum Gasteiger partial charge on any atom is 0.188 e. The van der Waals surface area contributed by atoms with Gasteiger partial charge in [-0.3, -0.25) is 0 Å². The topological polar surface area (TPSA) is 82.2 Å². The van der Waals surface area contributed by atoms with E-state index in [1.165, 1.54) is 6.07 Å². The average Bonchev–Trinajstić information content (AvgIpc) is 2.54. The van der Waals surface area contributed by atoms with Gasteiger partial charge in [-0.25, -0.2) is 4.21 Å². The van der Waals surface area contributed by atoms with Crippen LogP contribution in [0, 0.1) is 0 Å². The summed E-state index contributed by atoms with van der Waals surface area (Å²) in [6.07, 6.45) is 0. The third-order valence-electron chi connectivity index (χ3n) is 3.19. The minimum absolute atomic E-state index is 0.00468. The second-order valence-electron chi connectivity index (χ2n) is 4.57. The van der Waals surface area contributed by atoms with Gasteiger partial charge in [0.2, 0.25) is 0 Å². The number of hydrogen-bond donors (Lipinski definition) is 2. The van der Waals surface area contributed by atoms with Crippen LogP contribution < -0.4 is 0 Å². The maximum atomic E-state index is 11.3. The molecule has 6 heteroatoms. The zero-order valence-corrected chi connectivity index (χ0v) is 12.2. The molecule has 0 aromatic heterocycles. The van der Waals surface area contributed by atoms with E-state index >= 15 is 0 Å². The SMILES string of the molecule is O=S(O)c1ccccc1N=Nc1c(O)ccc2ccccc12. The molecule has 0 aliphatic heterocycles. The van der Waals surface area contributed by atoms with Crippen LogP contribution in [0.5, 0.6) is 5.75 Å². The number of phenols is 1. The first kappa shape index (κ1) is 14.4. The van der Waals surface area contributed by atoms with Crippen LogP contribution in [0.3, 0.4) is 0 Å². The van der Waals surface area contributed by atoms with Crippen LogP contribution in [0.4, 0.5) is 11.4 Å². The highest BCUT2D eigenvalue weighted by Crippen LogP contribution is 2.36. The Kier molecular flexibility index (Phi) is 3.95. The average molecular weight is 312 g/mol. The third kappa shape index (κ3) is 2.74. The summed E-state index contributed by atoms with van der Waals surface area (Å²) < 4.78 is 20.5. The van der Waals surface area contributed by atoms with Crippen molar-refractivity contribution in [1.29, 1.82) is 0 Å². The Morgan fingerprint density at radius 1 is 0.864 bits per heavy atom. The number of phenolic OH excluding ortho intramolecular Hbond substituents is 1. The zero-order valence-electron chi connectivity index (χ0n) is 11.4. The number of benzene rings is 3. The molecular weight excluding hydrogens is 300 g/mol. The van der Waals surface area contributed by atoms with Crippen LogP contribution in [-0.2, 0) is 11.1 Å². The van der Waals surface area contributed by atoms with E-state index in [9.17, 15) is 13.9 Å². The Morgan fingerprint density at radius 2 is 1.59 bits per heavy atom. The normalized spacial score (nSPS) is 12.8. The molecule has 110 valence electrons. The molecule has 0 heterocycles. The van der Waals surface area contributed by atoms with Crippen LogP contribution in [-0.4, -0.2) is 13.9 Å². The second-order valence-corrected chi connectivity index (χ2v) is 5.51. The van der Waals surface area contributed by atoms with E-state index in [2.05, 4.69) is 10.2 Å². The highest BCUT2D eigenvalue weighted by molar-refractivity contribution is 7.79. The molecule has 0 saturated carbocycles. The lowest BCUT2D eigenvalue weighted by Crippen LogP contribution is -1.87. The predicted octanol–water partition coefficient (Wildman–Crippen LogP) is 4.54. The lowest BCUT2D eigenvalue weighted by Gasteiger charge is -2.04. The third-order valence-corrected chi connectivity index (χ3v) is 3.91. The molecule has 0 amide bonds. The van der Waals surface area contributed by atoms with Crippen LogP contribution in [0.15, 0.2) is 75.8 Å². The van der Waals surface area contributed by atoms with Gasteiger partial charge in [0.15, 0.2) is 11.1 Å². The van der Waals surface area contributed by atoms with Gasteiger partial charge in [-0.15, -0.1) is 10.2 Å². The molecule has 1 unspecified atom stereocenters. The molecular formula is C16H12N2O3S. The molecule has 22 heavy (non-hydrogen) atoms. The number of nitrogens with zero attached hydrogens (tertiary/aromatic N) is 2. The van der Waals surface area contributed by atoms with Gasteiger partial charge >= 0.3 is 0 Å². The van der Waals surface area contributed by atoms with Gasteiger partial charge in [-0.05, 0) is 23.6 Å². The van der Waals surface area contributed by atoms with Crippen molar-refractivity contribution in [3.8, 4) is 5.75 Å². The molecule has 1 atom stereocenters. The Labute approximate surface area is 129 Å². The molecule has 0 aliphatic carbocycles. The first-order chi connectivity index (χ1) is 10.7. The highest BCUT2D eigenvalue weighted by Gasteiger charge is 2.08. The fourth-order valence-electron chi connectivity index (χ4n) is 2.14. The number of aromatic hydroxyl groups is 1. The second kappa shape index (κ2) is 6.05. The van der Waals surface area contributed by atoms with E-state index in [1.54, 1.807) is 30.3 Å². The van der Waals surface area contributed by atoms with E-state index in [-0.39, 0.29) is 16.3 Å². The summed E-state index contributed by atoms with van der Waals surface area (Å²) >= 11 is -2.15. The van der Waals surface area contributed by atoms with Gasteiger partial charge in [-0.2, -0.15) is 0 Å². The molecule has 0 aliphatic rings. The largest absolute Gasteiger partial charge is 0.506 e. The predicted molar refractivity (Wildman–Crippen MR) is 85.3 cm³/mol. The van der Waals surface area contributed by atoms with Gasteiger partial charge < -0.3 is 9.66 Å². The summed E-state index contributed by atoms with van der Waals surface area (Å²) in [6, 6.07) is 17.3. The first-order valence-electron chi connectivity index (χ1n) is 6.49. The van der Waals surface area contributed by atoms with Crippen molar-refractivity contribution in [2.24, 2.45) is 10.2 Å². The molecule has 3 aromatic carbocycles. The van der Waals surface area contributed by atoms with Crippen molar-refractivity contribution >= 4 is 33.2 Å². The molecule has 0 radical (unpaired) electrons. The molecule has 0 bridgehead atoms. The minimum atomic E-state index is -2.15. The summed E-state index contributed by atoms with van der Waals surface area (Å²) in [4.78, 5) is 0.172. The summed E-state index contributed by atoms with van der Waals surface area (Å²) in [5.41, 5.74) is 0.618. The van der Waals surface area contributed by atoms with Crippen molar-refractivity contribution < 1.29 is 13.9 Å². The molecule has 3 rings (SSSR count). The van der Waals surface area contributed by atoms with Crippen LogP contribution in [0.1, 0.15) is 0 Å². The molecule has 3 aromatic rings. The van der Waals surface area contributed by atoms with Crippen molar-refractivity contribution in [3.63, 3.8) is 0 Å². The van der Waals surface area contributed by atoms with Gasteiger partial charge in [-0.1, -0.05) is 42.5 Å². The quantitative estimate of drug-likeness (QED) is 0.550. The molecule has 0 saturated heterocycles. The Bertz CT molecular complexity index is 893. The standard InChI is InChI=1S/C16H12N2O3S/c19-14-10-9-11-5-1-2-6-12(11)16(14)18-17-13-7-3-4-8-15(13)22(20)21/h1-10,19H,(H,20,21). The van der Waals surface area contributed by atoms with Crippen LogP contribution in [0.25, 0.3) is 10.8 Å². The molecule has 0 spiro atoms. The Morgan fingerprint density at radius 3 is 2.41 bits per heavy atom. The van der Waals surface area contributed by atoms with Gasteiger partial charge in [0, 0.05) is 5.39 Å². The molecule has 2 N–H and O–H groups in total. The monoisotopic (exact) mass is 312 g/mol. The van der Waals surface area contributed by atoms with E-state index in [4.69, 9.17) is 0 Å². The van der Waals surface area contributed by atoms with Gasteiger partial charge in [0.25, 0.3) is 0 Å². The summed E-state index contributed by atoms with van der Waals surface area (Å²) in [7, 11) is 0. The van der Waals surface area contributed by atoms with E-state index in [1.807, 2.05) is 24.3 Å². The van der Waals surface area contributed by atoms with E-state index in [0.717, 1.165) is 10.8 Å². The zero-order chi connectivity index (χ0) is 15.5. The highest BCUT2D eigenvalue weighted by atomic mass is 32.2. The maximum absolute atomic E-state index is 11.3. The summed E-state index contributed by atoms with van der Waals surface area (Å²) in [6.45, 7) is 0. The van der Waals surface area contributed by atoms with Gasteiger partial charge in [0.05, 0.1) is 4.90 Å². The van der Waals surface area contributed by atoms with Crippen molar-refractivity contribution in [2.75, 3.05) is 0 Å². The fourth-order valence-corrected chi connectivity index (χ4v) is 2.62. The van der Waals surface area contributed by atoms with Crippen LogP contribution in [0.2, 0.25) is 0 Å². The molecule has 5 nitrogen and oxygen atoms in total. The summed E-state index contributed by atoms with van der Waals surface area (Å²) in [5, 5.41) is 19.8. The number of fused-ring (bicyclic) bond motifs is 1. The Hall–Kier alpha value is -2.57. The Balaban J connectivity index is 2.11. The smallest absolute Gasteiger partial charge is 0.188 e. The lowest BCUT2D eigenvalue weighted by molar-refractivity contribution is 0.477.